The van der Waals surface area contributed by atoms with E-state index >= 15 is 0 Å². The average Bonchev–Trinajstić information content (AvgIpc) is 2.90. The first-order chi connectivity index (χ1) is 9.11. The van der Waals surface area contributed by atoms with Gasteiger partial charge in [0.05, 0.1) is 0 Å². The Morgan fingerprint density at radius 2 is 2.11 bits per heavy atom. The minimum Gasteiger partial charge on any atom is -0.371 e. The Morgan fingerprint density at radius 1 is 1.32 bits per heavy atom. The third kappa shape index (κ3) is 3.52. The second-order valence-corrected chi connectivity index (χ2v) is 6.30. The first-order valence-electron chi connectivity index (χ1n) is 6.52. The Kier molecular flexibility index (Phi) is 4.89. The lowest BCUT2D eigenvalue weighted by Crippen LogP contribution is -2.31. The van der Waals surface area contributed by atoms with Gasteiger partial charge in [0.25, 0.3) is 0 Å². The normalized spacial score (nSPS) is 12.4. The van der Waals surface area contributed by atoms with E-state index in [2.05, 4.69) is 61.5 Å². The molecule has 0 amide bonds. The predicted octanol–water partition coefficient (Wildman–Crippen LogP) is 4.86. The molecule has 2 rings (SSSR count). The number of benzene rings is 1. The van der Waals surface area contributed by atoms with Crippen LogP contribution < -0.4 is 4.90 Å². The maximum absolute atomic E-state index is 5.88. The summed E-state index contributed by atoms with van der Waals surface area (Å²) < 4.78 is 0. The maximum atomic E-state index is 5.88. The molecule has 0 N–H and O–H groups in total. The standard InChI is InChI=1S/C16H20ClNS/c1-12-9-14(11-17)6-7-16(12)18(3)13(2)10-15-5-4-8-19-15/h4-9,13H,10-11H2,1-3H3. The summed E-state index contributed by atoms with van der Waals surface area (Å²) >= 11 is 7.71. The van der Waals surface area contributed by atoms with Gasteiger partial charge >= 0.3 is 0 Å². The number of nitrogens with zero attached hydrogens (tertiary/aromatic N) is 1. The van der Waals surface area contributed by atoms with E-state index in [1.165, 1.54) is 21.7 Å². The fourth-order valence-corrected chi connectivity index (χ4v) is 3.28. The van der Waals surface area contributed by atoms with Gasteiger partial charge in [-0.1, -0.05) is 18.2 Å². The Bertz CT molecular complexity index is 522. The largest absolute Gasteiger partial charge is 0.371 e. The summed E-state index contributed by atoms with van der Waals surface area (Å²) in [6, 6.07) is 11.3. The van der Waals surface area contributed by atoms with Crippen LogP contribution in [0.15, 0.2) is 35.7 Å². The molecule has 1 nitrogen and oxygen atoms in total. The molecule has 0 fully saturated rings. The topological polar surface area (TPSA) is 3.24 Å². The van der Waals surface area contributed by atoms with E-state index in [-0.39, 0.29) is 0 Å². The van der Waals surface area contributed by atoms with Gasteiger partial charge in [0.15, 0.2) is 0 Å². The molecule has 0 bridgehead atoms. The number of hydrogen-bond donors (Lipinski definition) is 0. The summed E-state index contributed by atoms with van der Waals surface area (Å²) in [6.07, 6.45) is 1.09. The van der Waals surface area contributed by atoms with Crippen molar-refractivity contribution in [3.63, 3.8) is 0 Å². The average molecular weight is 294 g/mol. The summed E-state index contributed by atoms with van der Waals surface area (Å²) in [7, 11) is 2.17. The third-order valence-electron chi connectivity index (χ3n) is 3.53. The number of thiophene rings is 1. The van der Waals surface area contributed by atoms with Crippen LogP contribution in [-0.2, 0) is 12.3 Å². The van der Waals surface area contributed by atoms with Gasteiger partial charge in [-0.15, -0.1) is 22.9 Å². The number of hydrogen-bond acceptors (Lipinski definition) is 2. The summed E-state index contributed by atoms with van der Waals surface area (Å²) in [4.78, 5) is 3.79. The van der Waals surface area contributed by atoms with Crippen LogP contribution in [0, 0.1) is 6.92 Å². The molecule has 0 radical (unpaired) electrons. The van der Waals surface area contributed by atoms with Crippen molar-refractivity contribution in [2.45, 2.75) is 32.2 Å². The highest BCUT2D eigenvalue weighted by molar-refractivity contribution is 7.09. The van der Waals surface area contributed by atoms with Crippen molar-refractivity contribution < 1.29 is 0 Å². The molecule has 19 heavy (non-hydrogen) atoms. The van der Waals surface area contributed by atoms with Crippen LogP contribution in [0.3, 0.4) is 0 Å². The summed E-state index contributed by atoms with van der Waals surface area (Å²) in [5.74, 6) is 0.579. The molecular formula is C16H20ClNS. The van der Waals surface area contributed by atoms with E-state index in [0.717, 1.165) is 6.42 Å². The molecule has 1 aromatic heterocycles. The molecule has 102 valence electrons. The molecule has 0 aliphatic heterocycles. The Hall–Kier alpha value is -0.990. The zero-order valence-corrected chi connectivity index (χ0v) is 13.3. The second-order valence-electron chi connectivity index (χ2n) is 5.00. The highest BCUT2D eigenvalue weighted by Gasteiger charge is 2.13. The monoisotopic (exact) mass is 293 g/mol. The minimum atomic E-state index is 0.485. The van der Waals surface area contributed by atoms with Crippen LogP contribution in [-0.4, -0.2) is 13.1 Å². The van der Waals surface area contributed by atoms with Crippen molar-refractivity contribution in [1.82, 2.24) is 0 Å². The van der Waals surface area contributed by atoms with E-state index in [0.29, 0.717) is 11.9 Å². The molecule has 0 aliphatic carbocycles. The van der Waals surface area contributed by atoms with Crippen molar-refractivity contribution in [2.24, 2.45) is 0 Å². The van der Waals surface area contributed by atoms with Gasteiger partial charge in [-0.25, -0.2) is 0 Å². The highest BCUT2D eigenvalue weighted by Crippen LogP contribution is 2.24. The number of anilines is 1. The molecule has 3 heteroatoms. The second kappa shape index (κ2) is 6.44. The molecule has 1 heterocycles. The molecule has 1 unspecified atom stereocenters. The van der Waals surface area contributed by atoms with Crippen LogP contribution in [0.5, 0.6) is 0 Å². The van der Waals surface area contributed by atoms with Gasteiger partial charge in [0.1, 0.15) is 0 Å². The summed E-state index contributed by atoms with van der Waals surface area (Å²) in [6.45, 7) is 4.42. The molecule has 0 saturated carbocycles. The number of alkyl halides is 1. The van der Waals surface area contributed by atoms with Crippen LogP contribution in [0.2, 0.25) is 0 Å². The van der Waals surface area contributed by atoms with Gasteiger partial charge in [-0.3, -0.25) is 0 Å². The summed E-state index contributed by atoms with van der Waals surface area (Å²) in [5.41, 5.74) is 3.76. The minimum absolute atomic E-state index is 0.485. The number of likely N-dealkylation sites (N-methyl/N-ethyl adjacent to an activating group) is 1. The SMILES string of the molecule is Cc1cc(CCl)ccc1N(C)C(C)Cc1cccs1. The van der Waals surface area contributed by atoms with Crippen molar-refractivity contribution >= 4 is 28.6 Å². The molecule has 2 aromatic rings. The Labute approximate surface area is 124 Å². The van der Waals surface area contributed by atoms with Gasteiger partial charge < -0.3 is 4.90 Å². The molecule has 0 saturated heterocycles. The van der Waals surface area contributed by atoms with Crippen LogP contribution in [0.1, 0.15) is 22.9 Å². The van der Waals surface area contributed by atoms with E-state index in [1.807, 2.05) is 11.3 Å². The fraction of sp³-hybridized carbons (Fsp3) is 0.375. The lowest BCUT2D eigenvalue weighted by Gasteiger charge is -2.28. The van der Waals surface area contributed by atoms with Crippen molar-refractivity contribution in [2.75, 3.05) is 11.9 Å². The summed E-state index contributed by atoms with van der Waals surface area (Å²) in [5, 5.41) is 2.14. The molecule has 0 spiro atoms. The van der Waals surface area contributed by atoms with Crippen molar-refractivity contribution in [1.29, 1.82) is 0 Å². The maximum Gasteiger partial charge on any atom is 0.0474 e. The number of aryl methyl sites for hydroxylation is 1. The van der Waals surface area contributed by atoms with Gasteiger partial charge in [0, 0.05) is 36.0 Å². The first-order valence-corrected chi connectivity index (χ1v) is 7.94. The van der Waals surface area contributed by atoms with Crippen LogP contribution in [0.25, 0.3) is 0 Å². The van der Waals surface area contributed by atoms with Crippen molar-refractivity contribution in [3.8, 4) is 0 Å². The van der Waals surface area contributed by atoms with E-state index in [1.54, 1.807) is 0 Å². The lowest BCUT2D eigenvalue weighted by atomic mass is 10.1. The highest BCUT2D eigenvalue weighted by atomic mass is 35.5. The van der Waals surface area contributed by atoms with E-state index in [4.69, 9.17) is 11.6 Å². The third-order valence-corrected chi connectivity index (χ3v) is 4.74. The lowest BCUT2D eigenvalue weighted by molar-refractivity contribution is 0.686. The number of halogens is 1. The zero-order chi connectivity index (χ0) is 13.8. The van der Waals surface area contributed by atoms with E-state index < -0.39 is 0 Å². The van der Waals surface area contributed by atoms with Gasteiger partial charge in [-0.2, -0.15) is 0 Å². The van der Waals surface area contributed by atoms with Crippen molar-refractivity contribution in [3.05, 3.63) is 51.7 Å². The quantitative estimate of drug-likeness (QED) is 0.711. The smallest absolute Gasteiger partial charge is 0.0474 e. The van der Waals surface area contributed by atoms with Gasteiger partial charge in [-0.05, 0) is 42.5 Å². The Balaban J connectivity index is 2.12. The Morgan fingerprint density at radius 3 is 2.68 bits per heavy atom. The number of rotatable bonds is 5. The predicted molar refractivity (Wildman–Crippen MR) is 86.6 cm³/mol. The van der Waals surface area contributed by atoms with Crippen LogP contribution in [0.4, 0.5) is 5.69 Å². The van der Waals surface area contributed by atoms with Crippen LogP contribution >= 0.6 is 22.9 Å². The molecule has 0 aliphatic rings. The molecule has 1 atom stereocenters. The fourth-order valence-electron chi connectivity index (χ4n) is 2.29. The first kappa shape index (κ1) is 14.4. The molecule has 1 aromatic carbocycles. The molecular weight excluding hydrogens is 274 g/mol. The zero-order valence-electron chi connectivity index (χ0n) is 11.7. The van der Waals surface area contributed by atoms with Gasteiger partial charge in [0.2, 0.25) is 0 Å². The van der Waals surface area contributed by atoms with E-state index in [9.17, 15) is 0 Å².